The van der Waals surface area contributed by atoms with Crippen molar-refractivity contribution in [1.82, 2.24) is 9.62 Å². The monoisotopic (exact) mass is 618 g/mol. The highest BCUT2D eigenvalue weighted by Gasteiger charge is 2.45. The summed E-state index contributed by atoms with van der Waals surface area (Å²) in [5, 5.41) is 15.6. The van der Waals surface area contributed by atoms with Gasteiger partial charge in [0.2, 0.25) is 10.0 Å². The van der Waals surface area contributed by atoms with Crippen LogP contribution >= 0.6 is 11.3 Å². The average molecular weight is 619 g/mol. The number of thiophene rings is 1. The van der Waals surface area contributed by atoms with Crippen LogP contribution in [0, 0.1) is 23.4 Å². The summed E-state index contributed by atoms with van der Waals surface area (Å²) in [7, 11) is -8.04. The van der Waals surface area contributed by atoms with Crippen molar-refractivity contribution in [1.29, 1.82) is 0 Å². The molecule has 10 nitrogen and oxygen atoms in total. The number of hydrogen-bond acceptors (Lipinski definition) is 8. The van der Waals surface area contributed by atoms with E-state index in [-0.39, 0.29) is 45.4 Å². The molecule has 40 heavy (non-hydrogen) atoms. The van der Waals surface area contributed by atoms with Gasteiger partial charge in [-0.15, -0.1) is 15.7 Å². The molecule has 1 amide bonds. The van der Waals surface area contributed by atoms with Gasteiger partial charge in [-0.3, -0.25) is 4.79 Å². The minimum absolute atomic E-state index is 0.0109. The first-order valence-corrected chi connectivity index (χ1v) is 16.5. The van der Waals surface area contributed by atoms with Crippen LogP contribution < -0.4 is 10.0 Å². The van der Waals surface area contributed by atoms with Gasteiger partial charge in [-0.05, 0) is 35.9 Å². The lowest BCUT2D eigenvalue weighted by molar-refractivity contribution is -0.132. The third kappa shape index (κ3) is 5.36. The Hall–Kier alpha value is -2.95. The molecule has 0 radical (unpaired) electrons. The molecule has 3 aliphatic rings. The van der Waals surface area contributed by atoms with Crippen molar-refractivity contribution in [3.05, 3.63) is 57.4 Å². The second-order valence-corrected chi connectivity index (χ2v) is 14.2. The average Bonchev–Trinajstić information content (AvgIpc) is 3.12. The van der Waals surface area contributed by atoms with Gasteiger partial charge >= 0.3 is 0 Å². The van der Waals surface area contributed by atoms with E-state index >= 15 is 0 Å². The normalized spacial score (nSPS) is 22.8. The van der Waals surface area contributed by atoms with Gasteiger partial charge in [-0.2, -0.15) is 8.42 Å². The van der Waals surface area contributed by atoms with E-state index in [1.54, 1.807) is 0 Å². The summed E-state index contributed by atoms with van der Waals surface area (Å²) in [5.74, 6) is -6.59. The Bertz CT molecular complexity index is 1650. The van der Waals surface area contributed by atoms with E-state index in [9.17, 15) is 39.9 Å². The predicted octanol–water partition coefficient (Wildman–Crippen LogP) is 3.53. The number of nitrogens with zero attached hydrogens (tertiary/aromatic N) is 2. The summed E-state index contributed by atoms with van der Waals surface area (Å²) < 4.78 is 96.9. The highest BCUT2D eigenvalue weighted by molar-refractivity contribution is 7.91. The van der Waals surface area contributed by atoms with E-state index in [1.807, 2.05) is 0 Å². The summed E-state index contributed by atoms with van der Waals surface area (Å²) in [6.07, 6.45) is 4.18. The first-order chi connectivity index (χ1) is 18.8. The van der Waals surface area contributed by atoms with Crippen molar-refractivity contribution in [3.63, 3.8) is 0 Å². The maximum absolute atomic E-state index is 14.0. The van der Waals surface area contributed by atoms with Crippen LogP contribution in [0.2, 0.25) is 0 Å². The van der Waals surface area contributed by atoms with Crippen molar-refractivity contribution in [2.24, 2.45) is 10.3 Å². The van der Waals surface area contributed by atoms with Crippen LogP contribution in [-0.2, 0) is 37.9 Å². The number of carbonyl (C=O) groups excluding carboxylic acids is 1. The summed E-state index contributed by atoms with van der Waals surface area (Å²) in [5.41, 5.74) is -0.243. The first kappa shape index (κ1) is 28.6. The lowest BCUT2D eigenvalue weighted by Crippen LogP contribution is -2.51. The van der Waals surface area contributed by atoms with Crippen LogP contribution in [0.15, 0.2) is 38.1 Å². The highest BCUT2D eigenvalue weighted by Crippen LogP contribution is 2.42. The molecular weight excluding hydrogens is 593 g/mol. The first-order valence-electron chi connectivity index (χ1n) is 12.3. The minimum Gasteiger partial charge on any atom is -0.511 e. The molecule has 2 aromatic rings. The van der Waals surface area contributed by atoms with Crippen LogP contribution in [0.3, 0.4) is 0 Å². The number of benzene rings is 1. The third-order valence-electron chi connectivity index (χ3n) is 7.14. The molecule has 1 aromatic carbocycles. The van der Waals surface area contributed by atoms with Gasteiger partial charge < -0.3 is 15.3 Å². The lowest BCUT2D eigenvalue weighted by Gasteiger charge is -2.41. The fraction of sp³-hybridized carbons (Fsp3) is 0.417. The Morgan fingerprint density at radius 2 is 1.85 bits per heavy atom. The van der Waals surface area contributed by atoms with Crippen LogP contribution in [0.25, 0.3) is 0 Å². The molecule has 0 spiro atoms. The molecule has 1 saturated carbocycles. The fourth-order valence-electron chi connectivity index (χ4n) is 5.36. The molecule has 216 valence electrons. The molecule has 0 saturated heterocycles. The Morgan fingerprint density at radius 3 is 2.52 bits per heavy atom. The number of hydrogen-bond donors (Lipinski definition) is 3. The van der Waals surface area contributed by atoms with Crippen LogP contribution in [-0.4, -0.2) is 50.9 Å². The third-order valence-corrected chi connectivity index (χ3v) is 10.3. The molecular formula is C24H25F3N4O6S3. The number of halogens is 3. The molecule has 1 aliphatic carbocycles. The summed E-state index contributed by atoms with van der Waals surface area (Å²) >= 11 is 0.955. The molecule has 2 atom stereocenters. The number of anilines is 1. The van der Waals surface area contributed by atoms with Gasteiger partial charge in [0.1, 0.15) is 21.2 Å². The molecule has 1 fully saturated rings. The van der Waals surface area contributed by atoms with Crippen LogP contribution in [0.4, 0.5) is 18.2 Å². The Morgan fingerprint density at radius 1 is 1.18 bits per heavy atom. The second-order valence-electron chi connectivity index (χ2n) is 9.93. The summed E-state index contributed by atoms with van der Waals surface area (Å²) in [6.45, 7) is -0.609. The molecule has 1 aromatic heterocycles. The predicted molar refractivity (Wildman–Crippen MR) is 141 cm³/mol. The Kier molecular flexibility index (Phi) is 7.48. The Balaban J connectivity index is 1.55. The topological polar surface area (TPSA) is 145 Å². The minimum atomic E-state index is -4.43. The van der Waals surface area contributed by atoms with Gasteiger partial charge in [-0.25, -0.2) is 26.3 Å². The van der Waals surface area contributed by atoms with E-state index in [1.165, 1.54) is 10.3 Å². The van der Waals surface area contributed by atoms with Crippen molar-refractivity contribution < 1.29 is 39.9 Å². The zero-order valence-corrected chi connectivity index (χ0v) is 23.5. The van der Waals surface area contributed by atoms with Crippen LogP contribution in [0.5, 0.6) is 0 Å². The van der Waals surface area contributed by atoms with Gasteiger partial charge in [0.05, 0.1) is 6.26 Å². The van der Waals surface area contributed by atoms with E-state index in [4.69, 9.17) is 0 Å². The van der Waals surface area contributed by atoms with Gasteiger partial charge in [-0.1, -0.05) is 19.3 Å². The standard InChI is InChI=1S/C24H25F3N4O6S3/c1-39(34,35)28-9-13-11-38-23-21(13)40(36,37)30-22(29-23)18-20(32)14-5-3-2-4-6-17(14)31(24(18)33)10-12-7-15(25)19(27)16(26)8-12/h7-8,11,14,17,28,32H,2-6,9-10H2,1H3,(H,29,30). The number of aliphatic hydroxyl groups excluding tert-OH is 1. The second kappa shape index (κ2) is 10.5. The van der Waals surface area contributed by atoms with E-state index in [2.05, 4.69) is 14.4 Å². The van der Waals surface area contributed by atoms with Crippen molar-refractivity contribution in [3.8, 4) is 0 Å². The highest BCUT2D eigenvalue weighted by atomic mass is 32.2. The van der Waals surface area contributed by atoms with Gasteiger partial charge in [0.25, 0.3) is 15.9 Å². The maximum atomic E-state index is 14.0. The largest absolute Gasteiger partial charge is 0.511 e. The van der Waals surface area contributed by atoms with Crippen molar-refractivity contribution in [2.75, 3.05) is 11.6 Å². The van der Waals surface area contributed by atoms with Gasteiger partial charge in [0, 0.05) is 30.6 Å². The molecule has 3 heterocycles. The molecule has 5 rings (SSSR count). The van der Waals surface area contributed by atoms with Crippen molar-refractivity contribution in [2.45, 2.75) is 56.1 Å². The smallest absolute Gasteiger partial charge is 0.287 e. The molecule has 0 bridgehead atoms. The Labute approximate surface area is 232 Å². The zero-order chi connectivity index (χ0) is 29.0. The number of nitrogens with one attached hydrogen (secondary N) is 2. The SMILES string of the molecule is CS(=O)(=O)NCc1csc2c1S(=O)(=O)N=C(C1=C(O)C3CCCCCC3N(Cc3cc(F)c(F)c(F)c3)C1=O)N2. The number of carbonyl (C=O) groups is 1. The summed E-state index contributed by atoms with van der Waals surface area (Å²) in [6, 6.07) is 1.04. The molecule has 3 N–H and O–H groups in total. The quantitative estimate of drug-likeness (QED) is 0.420. The number of amidine groups is 1. The number of sulfonamides is 2. The van der Waals surface area contributed by atoms with Crippen molar-refractivity contribution >= 4 is 48.1 Å². The summed E-state index contributed by atoms with van der Waals surface area (Å²) in [4.78, 5) is 14.9. The van der Waals surface area contributed by atoms with Gasteiger partial charge in [0.15, 0.2) is 23.3 Å². The lowest BCUT2D eigenvalue weighted by atomic mass is 9.84. The van der Waals surface area contributed by atoms with Crippen LogP contribution in [0.1, 0.15) is 43.2 Å². The molecule has 16 heteroatoms. The number of amides is 1. The molecule has 2 aliphatic heterocycles. The van der Waals surface area contributed by atoms with E-state index < -0.39 is 61.2 Å². The van der Waals surface area contributed by atoms with E-state index in [0.29, 0.717) is 12.8 Å². The number of rotatable bonds is 6. The number of aliphatic hydroxyl groups is 1. The fourth-order valence-corrected chi connectivity index (χ4v) is 8.39. The zero-order valence-electron chi connectivity index (χ0n) is 21.1. The molecule has 2 unspecified atom stereocenters. The van der Waals surface area contributed by atoms with E-state index in [0.717, 1.165) is 49.0 Å². The maximum Gasteiger partial charge on any atom is 0.287 e. The number of fused-ring (bicyclic) bond motifs is 2.